The van der Waals surface area contributed by atoms with Crippen molar-refractivity contribution < 1.29 is 13.2 Å². The maximum absolute atomic E-state index is 11.8. The molecule has 0 fully saturated rings. The highest BCUT2D eigenvalue weighted by Crippen LogP contribution is 2.19. The summed E-state index contributed by atoms with van der Waals surface area (Å²) in [6.45, 7) is 0. The number of sulfonamides is 1. The van der Waals surface area contributed by atoms with Gasteiger partial charge in [-0.3, -0.25) is 4.79 Å². The summed E-state index contributed by atoms with van der Waals surface area (Å²) >= 11 is 1.59. The smallest absolute Gasteiger partial charge is 0.241 e. The SMILES string of the molecule is CSCC[C@H](N)C(=O)Nc1ccccc1S(N)(=O)=O. The molecule has 0 aromatic heterocycles. The van der Waals surface area contributed by atoms with Crippen LogP contribution < -0.4 is 16.2 Å². The van der Waals surface area contributed by atoms with E-state index < -0.39 is 22.0 Å². The number of hydrogen-bond acceptors (Lipinski definition) is 5. The minimum atomic E-state index is -3.88. The monoisotopic (exact) mass is 303 g/mol. The first kappa shape index (κ1) is 16.0. The van der Waals surface area contributed by atoms with Crippen LogP contribution in [0.4, 0.5) is 5.69 Å². The summed E-state index contributed by atoms with van der Waals surface area (Å²) in [5.74, 6) is 0.330. The topological polar surface area (TPSA) is 115 Å². The summed E-state index contributed by atoms with van der Waals surface area (Å²) in [6, 6.07) is 5.26. The first-order chi connectivity index (χ1) is 8.86. The Morgan fingerprint density at radius 2 is 2.05 bits per heavy atom. The number of benzene rings is 1. The standard InChI is InChI=1S/C11H17N3O3S2/c1-18-7-6-8(12)11(15)14-9-4-2-3-5-10(9)19(13,16)17/h2-5,8H,6-7,12H2,1H3,(H,14,15)(H2,13,16,17)/t8-/m0/s1. The Morgan fingerprint density at radius 3 is 2.63 bits per heavy atom. The number of thioether (sulfide) groups is 1. The lowest BCUT2D eigenvalue weighted by atomic mass is 10.2. The second kappa shape index (κ2) is 6.90. The molecule has 0 unspecified atom stereocenters. The van der Waals surface area contributed by atoms with E-state index in [1.807, 2.05) is 6.26 Å². The summed E-state index contributed by atoms with van der Waals surface area (Å²) in [7, 11) is -3.88. The van der Waals surface area contributed by atoms with Gasteiger partial charge >= 0.3 is 0 Å². The first-order valence-corrected chi connectivity index (χ1v) is 8.47. The summed E-state index contributed by atoms with van der Waals surface area (Å²) in [4.78, 5) is 11.7. The van der Waals surface area contributed by atoms with E-state index in [9.17, 15) is 13.2 Å². The highest BCUT2D eigenvalue weighted by Gasteiger charge is 2.18. The Bertz CT molecular complexity index is 546. The maximum Gasteiger partial charge on any atom is 0.241 e. The predicted molar refractivity (Wildman–Crippen MR) is 77.4 cm³/mol. The molecule has 0 heterocycles. The van der Waals surface area contributed by atoms with Gasteiger partial charge in [0.25, 0.3) is 0 Å². The van der Waals surface area contributed by atoms with Crippen molar-refractivity contribution in [2.24, 2.45) is 10.9 Å². The molecule has 0 radical (unpaired) electrons. The second-order valence-electron chi connectivity index (χ2n) is 3.92. The van der Waals surface area contributed by atoms with Crippen molar-refractivity contribution in [3.8, 4) is 0 Å². The maximum atomic E-state index is 11.8. The van der Waals surface area contributed by atoms with Crippen LogP contribution in [0, 0.1) is 0 Å². The lowest BCUT2D eigenvalue weighted by Gasteiger charge is -2.13. The predicted octanol–water partition coefficient (Wildman–Crippen LogP) is 0.353. The Morgan fingerprint density at radius 1 is 1.42 bits per heavy atom. The van der Waals surface area contributed by atoms with Crippen LogP contribution in [-0.2, 0) is 14.8 Å². The molecule has 106 valence electrons. The van der Waals surface area contributed by atoms with E-state index in [1.165, 1.54) is 18.2 Å². The zero-order chi connectivity index (χ0) is 14.5. The molecule has 8 heteroatoms. The molecule has 1 amide bonds. The number of carbonyl (C=O) groups is 1. The van der Waals surface area contributed by atoms with Crippen LogP contribution in [0.2, 0.25) is 0 Å². The molecule has 6 nitrogen and oxygen atoms in total. The average molecular weight is 303 g/mol. The molecule has 0 aliphatic rings. The Labute approximate surface area is 117 Å². The third kappa shape index (κ3) is 4.83. The third-order valence-corrected chi connectivity index (χ3v) is 4.03. The van der Waals surface area contributed by atoms with Gasteiger partial charge in [-0.1, -0.05) is 12.1 Å². The van der Waals surface area contributed by atoms with Crippen LogP contribution >= 0.6 is 11.8 Å². The molecule has 0 aliphatic heterocycles. The van der Waals surface area contributed by atoms with Gasteiger partial charge in [0.05, 0.1) is 11.7 Å². The van der Waals surface area contributed by atoms with E-state index in [1.54, 1.807) is 17.8 Å². The first-order valence-electron chi connectivity index (χ1n) is 5.53. The molecule has 0 saturated carbocycles. The molecule has 5 N–H and O–H groups in total. The number of anilines is 1. The third-order valence-electron chi connectivity index (χ3n) is 2.42. The fraction of sp³-hybridized carbons (Fsp3) is 0.364. The highest BCUT2D eigenvalue weighted by molar-refractivity contribution is 7.98. The van der Waals surface area contributed by atoms with Crippen LogP contribution in [0.3, 0.4) is 0 Å². The second-order valence-corrected chi connectivity index (χ2v) is 6.43. The Balaban J connectivity index is 2.86. The molecular formula is C11H17N3O3S2. The molecule has 0 spiro atoms. The number of primary sulfonamides is 1. The van der Waals surface area contributed by atoms with Crippen molar-refractivity contribution in [1.82, 2.24) is 0 Å². The van der Waals surface area contributed by atoms with Crippen LogP contribution in [-0.4, -0.2) is 32.4 Å². The van der Waals surface area contributed by atoms with Crippen molar-refractivity contribution in [3.05, 3.63) is 24.3 Å². The molecular weight excluding hydrogens is 286 g/mol. The largest absolute Gasteiger partial charge is 0.324 e. The van der Waals surface area contributed by atoms with Gasteiger partial charge < -0.3 is 11.1 Å². The number of para-hydroxylation sites is 1. The molecule has 0 aliphatic carbocycles. The quantitative estimate of drug-likeness (QED) is 0.701. The van der Waals surface area contributed by atoms with Crippen LogP contribution in [0.25, 0.3) is 0 Å². The number of hydrogen-bond donors (Lipinski definition) is 3. The Hall–Kier alpha value is -1.09. The summed E-state index contributed by atoms with van der Waals surface area (Å²) < 4.78 is 22.7. The van der Waals surface area contributed by atoms with E-state index in [-0.39, 0.29) is 10.6 Å². The minimum Gasteiger partial charge on any atom is -0.324 e. The van der Waals surface area contributed by atoms with Gasteiger partial charge in [-0.2, -0.15) is 11.8 Å². The molecule has 1 rings (SSSR count). The number of carbonyl (C=O) groups excluding carboxylic acids is 1. The van der Waals surface area contributed by atoms with Crippen molar-refractivity contribution >= 4 is 33.4 Å². The molecule has 1 atom stereocenters. The van der Waals surface area contributed by atoms with Gasteiger partial charge in [0.1, 0.15) is 4.90 Å². The summed E-state index contributed by atoms with van der Waals surface area (Å²) in [5.41, 5.74) is 5.85. The van der Waals surface area contributed by atoms with Gasteiger partial charge in [-0.15, -0.1) is 0 Å². The summed E-state index contributed by atoms with van der Waals surface area (Å²) in [5, 5.41) is 7.57. The fourth-order valence-corrected chi connectivity index (χ4v) is 2.60. The van der Waals surface area contributed by atoms with E-state index in [0.29, 0.717) is 6.42 Å². The average Bonchev–Trinajstić information content (AvgIpc) is 2.35. The number of nitrogens with two attached hydrogens (primary N) is 2. The molecule has 1 aromatic rings. The molecule has 0 saturated heterocycles. The van der Waals surface area contributed by atoms with E-state index in [4.69, 9.17) is 10.9 Å². The number of nitrogens with one attached hydrogen (secondary N) is 1. The van der Waals surface area contributed by atoms with Gasteiger partial charge in [0.15, 0.2) is 0 Å². The lowest BCUT2D eigenvalue weighted by Crippen LogP contribution is -2.36. The van der Waals surface area contributed by atoms with Gasteiger partial charge in [0.2, 0.25) is 15.9 Å². The van der Waals surface area contributed by atoms with Crippen LogP contribution in [0.1, 0.15) is 6.42 Å². The van der Waals surface area contributed by atoms with Crippen molar-refractivity contribution in [1.29, 1.82) is 0 Å². The van der Waals surface area contributed by atoms with E-state index >= 15 is 0 Å². The normalized spacial score (nSPS) is 13.0. The van der Waals surface area contributed by atoms with Crippen molar-refractivity contribution in [3.63, 3.8) is 0 Å². The highest BCUT2D eigenvalue weighted by atomic mass is 32.2. The van der Waals surface area contributed by atoms with Crippen LogP contribution in [0.15, 0.2) is 29.2 Å². The summed E-state index contributed by atoms with van der Waals surface area (Å²) in [6.07, 6.45) is 2.44. The zero-order valence-corrected chi connectivity index (χ0v) is 12.1. The van der Waals surface area contributed by atoms with E-state index in [2.05, 4.69) is 5.32 Å². The van der Waals surface area contributed by atoms with E-state index in [0.717, 1.165) is 5.75 Å². The number of rotatable bonds is 6. The zero-order valence-electron chi connectivity index (χ0n) is 10.5. The number of amides is 1. The van der Waals surface area contributed by atoms with Crippen molar-refractivity contribution in [2.45, 2.75) is 17.4 Å². The van der Waals surface area contributed by atoms with Crippen LogP contribution in [0.5, 0.6) is 0 Å². The molecule has 1 aromatic carbocycles. The molecule has 0 bridgehead atoms. The fourth-order valence-electron chi connectivity index (χ4n) is 1.42. The Kier molecular flexibility index (Phi) is 5.80. The van der Waals surface area contributed by atoms with Gasteiger partial charge in [-0.25, -0.2) is 13.6 Å². The van der Waals surface area contributed by atoms with Crippen molar-refractivity contribution in [2.75, 3.05) is 17.3 Å². The molecule has 19 heavy (non-hydrogen) atoms. The van der Waals surface area contributed by atoms with Gasteiger partial charge in [0, 0.05) is 0 Å². The van der Waals surface area contributed by atoms with Gasteiger partial charge in [-0.05, 0) is 30.6 Å². The lowest BCUT2D eigenvalue weighted by molar-refractivity contribution is -0.117. The minimum absolute atomic E-state index is 0.125.